The molecule has 1 aliphatic rings. The summed E-state index contributed by atoms with van der Waals surface area (Å²) in [5.74, 6) is -0.542. The first-order valence-corrected chi connectivity index (χ1v) is 4.66. The summed E-state index contributed by atoms with van der Waals surface area (Å²) in [4.78, 5) is 0. The van der Waals surface area contributed by atoms with Crippen molar-refractivity contribution in [1.29, 1.82) is 0 Å². The van der Waals surface area contributed by atoms with E-state index < -0.39 is 11.9 Å². The zero-order valence-electron chi connectivity index (χ0n) is 8.32. The van der Waals surface area contributed by atoms with E-state index in [0.29, 0.717) is 13.0 Å². The SMILES string of the molecule is C=CCC[C@H](O)[C@@H]1COC(C)(C)O1. The van der Waals surface area contributed by atoms with Crippen LogP contribution in [0.15, 0.2) is 12.7 Å². The molecule has 1 saturated heterocycles. The van der Waals surface area contributed by atoms with Crippen molar-refractivity contribution in [3.8, 4) is 0 Å². The van der Waals surface area contributed by atoms with Crippen LogP contribution < -0.4 is 0 Å². The first-order chi connectivity index (χ1) is 6.05. The third-order valence-electron chi connectivity index (χ3n) is 2.13. The Kier molecular flexibility index (Phi) is 3.47. The molecular formula is C10H18O3. The zero-order chi connectivity index (χ0) is 9.90. The topological polar surface area (TPSA) is 38.7 Å². The summed E-state index contributed by atoms with van der Waals surface area (Å²) in [7, 11) is 0. The van der Waals surface area contributed by atoms with Crippen LogP contribution in [0.1, 0.15) is 26.7 Å². The van der Waals surface area contributed by atoms with Gasteiger partial charge in [0.25, 0.3) is 0 Å². The number of aliphatic hydroxyl groups is 1. The molecule has 1 rings (SSSR count). The number of ether oxygens (including phenoxy) is 2. The Labute approximate surface area is 79.3 Å². The molecule has 2 atom stereocenters. The second-order valence-corrected chi connectivity index (χ2v) is 3.80. The van der Waals surface area contributed by atoms with Gasteiger partial charge in [-0.05, 0) is 26.7 Å². The quantitative estimate of drug-likeness (QED) is 0.676. The van der Waals surface area contributed by atoms with E-state index in [1.54, 1.807) is 6.08 Å². The van der Waals surface area contributed by atoms with E-state index in [-0.39, 0.29) is 6.10 Å². The van der Waals surface area contributed by atoms with Gasteiger partial charge in [-0.3, -0.25) is 0 Å². The fourth-order valence-electron chi connectivity index (χ4n) is 1.38. The molecule has 0 saturated carbocycles. The molecule has 0 aromatic carbocycles. The lowest BCUT2D eigenvalue weighted by Gasteiger charge is -2.19. The summed E-state index contributed by atoms with van der Waals surface area (Å²) in [5, 5.41) is 9.66. The Bertz CT molecular complexity index is 177. The molecule has 0 radical (unpaired) electrons. The highest BCUT2D eigenvalue weighted by Gasteiger charge is 2.36. The van der Waals surface area contributed by atoms with Gasteiger partial charge < -0.3 is 14.6 Å². The Hall–Kier alpha value is -0.380. The summed E-state index contributed by atoms with van der Waals surface area (Å²) in [5.41, 5.74) is 0. The molecule has 0 amide bonds. The molecule has 0 aromatic rings. The standard InChI is InChI=1S/C10H18O3/c1-4-5-6-8(11)9-7-12-10(2,3)13-9/h4,8-9,11H,1,5-7H2,2-3H3/t8-,9-/m0/s1. The minimum Gasteiger partial charge on any atom is -0.390 e. The lowest BCUT2D eigenvalue weighted by molar-refractivity contribution is -0.151. The molecule has 0 bridgehead atoms. The van der Waals surface area contributed by atoms with E-state index in [4.69, 9.17) is 9.47 Å². The maximum Gasteiger partial charge on any atom is 0.163 e. The largest absolute Gasteiger partial charge is 0.390 e. The molecule has 13 heavy (non-hydrogen) atoms. The monoisotopic (exact) mass is 186 g/mol. The number of hydrogen-bond acceptors (Lipinski definition) is 3. The van der Waals surface area contributed by atoms with Crippen LogP contribution in [-0.4, -0.2) is 29.7 Å². The average molecular weight is 186 g/mol. The van der Waals surface area contributed by atoms with E-state index in [1.165, 1.54) is 0 Å². The summed E-state index contributed by atoms with van der Waals surface area (Å²) in [6.07, 6.45) is 2.66. The van der Waals surface area contributed by atoms with Gasteiger partial charge in [0.05, 0.1) is 12.7 Å². The molecule has 3 heteroatoms. The molecule has 1 fully saturated rings. The Balaban J connectivity index is 2.33. The van der Waals surface area contributed by atoms with Crippen LogP contribution in [0.2, 0.25) is 0 Å². The number of aliphatic hydroxyl groups excluding tert-OH is 1. The molecular weight excluding hydrogens is 168 g/mol. The van der Waals surface area contributed by atoms with Gasteiger partial charge >= 0.3 is 0 Å². The van der Waals surface area contributed by atoms with Gasteiger partial charge in [0, 0.05) is 0 Å². The Morgan fingerprint density at radius 1 is 1.69 bits per heavy atom. The normalized spacial score (nSPS) is 28.7. The van der Waals surface area contributed by atoms with E-state index in [0.717, 1.165) is 6.42 Å². The maximum absolute atomic E-state index is 9.66. The molecule has 0 aromatic heterocycles. The third-order valence-corrected chi connectivity index (χ3v) is 2.13. The van der Waals surface area contributed by atoms with Crippen LogP contribution in [0, 0.1) is 0 Å². The first-order valence-electron chi connectivity index (χ1n) is 4.66. The van der Waals surface area contributed by atoms with Gasteiger partial charge in [-0.15, -0.1) is 6.58 Å². The van der Waals surface area contributed by atoms with Gasteiger partial charge in [-0.25, -0.2) is 0 Å². The average Bonchev–Trinajstić information content (AvgIpc) is 2.42. The molecule has 1 heterocycles. The minimum absolute atomic E-state index is 0.185. The Morgan fingerprint density at radius 2 is 2.38 bits per heavy atom. The zero-order valence-corrected chi connectivity index (χ0v) is 8.32. The molecule has 1 N–H and O–H groups in total. The van der Waals surface area contributed by atoms with E-state index in [2.05, 4.69) is 6.58 Å². The summed E-state index contributed by atoms with van der Waals surface area (Å²) < 4.78 is 10.8. The van der Waals surface area contributed by atoms with Crippen LogP contribution in [0.3, 0.4) is 0 Å². The lowest BCUT2D eigenvalue weighted by Crippen LogP contribution is -2.30. The Morgan fingerprint density at radius 3 is 2.85 bits per heavy atom. The predicted octanol–water partition coefficient (Wildman–Crippen LogP) is 1.46. The van der Waals surface area contributed by atoms with Crippen molar-refractivity contribution in [2.45, 2.75) is 44.7 Å². The molecule has 0 aliphatic carbocycles. The highest BCUT2D eigenvalue weighted by atomic mass is 16.7. The lowest BCUT2D eigenvalue weighted by atomic mass is 10.1. The second-order valence-electron chi connectivity index (χ2n) is 3.80. The summed E-state index contributed by atoms with van der Waals surface area (Å²) in [6.45, 7) is 7.79. The van der Waals surface area contributed by atoms with Crippen molar-refractivity contribution in [3.05, 3.63) is 12.7 Å². The van der Waals surface area contributed by atoms with Crippen LogP contribution in [-0.2, 0) is 9.47 Å². The highest BCUT2D eigenvalue weighted by Crippen LogP contribution is 2.25. The number of allylic oxidation sites excluding steroid dienone is 1. The number of hydrogen-bond donors (Lipinski definition) is 1. The van der Waals surface area contributed by atoms with Gasteiger partial charge in [-0.2, -0.15) is 0 Å². The summed E-state index contributed by atoms with van der Waals surface area (Å²) >= 11 is 0. The molecule has 3 nitrogen and oxygen atoms in total. The molecule has 0 unspecified atom stereocenters. The van der Waals surface area contributed by atoms with Crippen LogP contribution >= 0.6 is 0 Å². The van der Waals surface area contributed by atoms with Crippen LogP contribution in [0.25, 0.3) is 0 Å². The van der Waals surface area contributed by atoms with Crippen molar-refractivity contribution in [2.75, 3.05) is 6.61 Å². The molecule has 76 valence electrons. The fourth-order valence-corrected chi connectivity index (χ4v) is 1.38. The van der Waals surface area contributed by atoms with E-state index >= 15 is 0 Å². The van der Waals surface area contributed by atoms with Crippen molar-refractivity contribution in [2.24, 2.45) is 0 Å². The smallest absolute Gasteiger partial charge is 0.163 e. The van der Waals surface area contributed by atoms with Crippen LogP contribution in [0.4, 0.5) is 0 Å². The van der Waals surface area contributed by atoms with Gasteiger partial charge in [0.15, 0.2) is 5.79 Å². The molecule has 0 spiro atoms. The summed E-state index contributed by atoms with van der Waals surface area (Å²) in [6, 6.07) is 0. The van der Waals surface area contributed by atoms with Gasteiger partial charge in [-0.1, -0.05) is 6.08 Å². The highest BCUT2D eigenvalue weighted by molar-refractivity contribution is 4.79. The van der Waals surface area contributed by atoms with Crippen molar-refractivity contribution >= 4 is 0 Å². The van der Waals surface area contributed by atoms with E-state index in [1.807, 2.05) is 13.8 Å². The fraction of sp³-hybridized carbons (Fsp3) is 0.800. The van der Waals surface area contributed by atoms with Crippen molar-refractivity contribution < 1.29 is 14.6 Å². The maximum atomic E-state index is 9.66. The molecule has 1 aliphatic heterocycles. The third kappa shape index (κ3) is 3.10. The van der Waals surface area contributed by atoms with Crippen molar-refractivity contribution in [3.63, 3.8) is 0 Å². The number of rotatable bonds is 4. The first kappa shape index (κ1) is 10.7. The van der Waals surface area contributed by atoms with Crippen molar-refractivity contribution in [1.82, 2.24) is 0 Å². The van der Waals surface area contributed by atoms with Gasteiger partial charge in [0.2, 0.25) is 0 Å². The van der Waals surface area contributed by atoms with Gasteiger partial charge in [0.1, 0.15) is 6.10 Å². The van der Waals surface area contributed by atoms with E-state index in [9.17, 15) is 5.11 Å². The predicted molar refractivity (Wildman–Crippen MR) is 50.3 cm³/mol. The van der Waals surface area contributed by atoms with Crippen LogP contribution in [0.5, 0.6) is 0 Å². The second kappa shape index (κ2) is 4.22. The minimum atomic E-state index is -0.542.